The van der Waals surface area contributed by atoms with E-state index < -0.39 is 0 Å². The number of benzene rings is 2. The van der Waals surface area contributed by atoms with Crippen LogP contribution in [0.25, 0.3) is 0 Å². The molecule has 0 bridgehead atoms. The van der Waals surface area contributed by atoms with Crippen molar-refractivity contribution >= 4 is 21.8 Å². The lowest BCUT2D eigenvalue weighted by Crippen LogP contribution is -2.41. The number of halogens is 1. The number of fused-ring (bicyclic) bond motifs is 1. The Bertz CT molecular complexity index is 770. The second-order valence-electron chi connectivity index (χ2n) is 7.03. The van der Waals surface area contributed by atoms with Gasteiger partial charge in [0.05, 0.1) is 12.5 Å². The zero-order valence-corrected chi connectivity index (χ0v) is 15.8. The first-order chi connectivity index (χ1) is 11.3. The summed E-state index contributed by atoms with van der Waals surface area (Å²) in [4.78, 5) is 12.5. The van der Waals surface area contributed by atoms with Crippen molar-refractivity contribution in [3.05, 3.63) is 63.6 Å². The molecule has 1 amide bonds. The van der Waals surface area contributed by atoms with E-state index in [9.17, 15) is 4.79 Å². The van der Waals surface area contributed by atoms with Crippen molar-refractivity contribution in [1.29, 1.82) is 0 Å². The average Bonchev–Trinajstić information content (AvgIpc) is 2.47. The third kappa shape index (κ3) is 3.99. The zero-order valence-electron chi connectivity index (χ0n) is 14.2. The number of ether oxygens (including phenoxy) is 1. The fourth-order valence-electron chi connectivity index (χ4n) is 3.18. The van der Waals surface area contributed by atoms with Crippen molar-refractivity contribution in [3.8, 4) is 5.75 Å². The number of rotatable bonds is 3. The van der Waals surface area contributed by atoms with Crippen LogP contribution in [-0.4, -0.2) is 11.5 Å². The predicted molar refractivity (Wildman–Crippen MR) is 99.2 cm³/mol. The van der Waals surface area contributed by atoms with E-state index in [2.05, 4.69) is 48.1 Å². The highest BCUT2D eigenvalue weighted by molar-refractivity contribution is 9.10. The molecular weight excluding hydrogens is 366 g/mol. The summed E-state index contributed by atoms with van der Waals surface area (Å²) in [7, 11) is 0. The molecule has 2 aromatic carbocycles. The van der Waals surface area contributed by atoms with E-state index in [4.69, 9.17) is 4.74 Å². The smallest absolute Gasteiger partial charge is 0.224 e. The monoisotopic (exact) mass is 387 g/mol. The molecule has 0 spiro atoms. The van der Waals surface area contributed by atoms with Crippen LogP contribution in [0.15, 0.2) is 46.9 Å². The summed E-state index contributed by atoms with van der Waals surface area (Å²) in [5, 5.41) is 3.19. The minimum Gasteiger partial charge on any atom is -0.487 e. The van der Waals surface area contributed by atoms with Gasteiger partial charge in [-0.15, -0.1) is 0 Å². The largest absolute Gasteiger partial charge is 0.487 e. The van der Waals surface area contributed by atoms with Gasteiger partial charge in [0.15, 0.2) is 0 Å². The molecule has 4 heteroatoms. The standard InChI is InChI=1S/C20H22BrNO2/c1-13-7-8-18-16(9-13)17(12-20(2,3)24-18)22-19(23)11-14-5-4-6-15(21)10-14/h4-10,17H,11-12H2,1-3H3,(H,22,23)/t17-/m0/s1. The van der Waals surface area contributed by atoms with Crippen molar-refractivity contribution < 1.29 is 9.53 Å². The van der Waals surface area contributed by atoms with Crippen molar-refractivity contribution in [2.24, 2.45) is 0 Å². The Morgan fingerprint density at radius 3 is 2.83 bits per heavy atom. The highest BCUT2D eigenvalue weighted by atomic mass is 79.9. The van der Waals surface area contributed by atoms with E-state index in [-0.39, 0.29) is 17.6 Å². The molecule has 0 radical (unpaired) electrons. The third-order valence-corrected chi connectivity index (χ3v) is 4.70. The molecule has 24 heavy (non-hydrogen) atoms. The van der Waals surface area contributed by atoms with Gasteiger partial charge in [-0.2, -0.15) is 0 Å². The van der Waals surface area contributed by atoms with Gasteiger partial charge in [0.25, 0.3) is 0 Å². The molecule has 0 fully saturated rings. The number of nitrogens with one attached hydrogen (secondary N) is 1. The number of aryl methyl sites for hydroxylation is 1. The van der Waals surface area contributed by atoms with Crippen molar-refractivity contribution in [3.63, 3.8) is 0 Å². The summed E-state index contributed by atoms with van der Waals surface area (Å²) >= 11 is 3.45. The first kappa shape index (κ1) is 17.0. The van der Waals surface area contributed by atoms with Gasteiger partial charge in [0.2, 0.25) is 5.91 Å². The van der Waals surface area contributed by atoms with Crippen LogP contribution in [0.2, 0.25) is 0 Å². The summed E-state index contributed by atoms with van der Waals surface area (Å²) in [6.45, 7) is 6.17. The molecule has 0 unspecified atom stereocenters. The van der Waals surface area contributed by atoms with Gasteiger partial charge in [0.1, 0.15) is 11.4 Å². The van der Waals surface area contributed by atoms with Crippen LogP contribution >= 0.6 is 15.9 Å². The Hall–Kier alpha value is -1.81. The molecular formula is C20H22BrNO2. The average molecular weight is 388 g/mol. The fourth-order valence-corrected chi connectivity index (χ4v) is 3.63. The van der Waals surface area contributed by atoms with Crippen LogP contribution in [0.4, 0.5) is 0 Å². The minimum atomic E-state index is -0.296. The van der Waals surface area contributed by atoms with Gasteiger partial charge in [-0.25, -0.2) is 0 Å². The molecule has 0 saturated carbocycles. The van der Waals surface area contributed by atoms with E-state index in [0.717, 1.165) is 27.8 Å². The first-order valence-corrected chi connectivity index (χ1v) is 8.95. The molecule has 1 N–H and O–H groups in total. The van der Waals surface area contributed by atoms with Crippen LogP contribution < -0.4 is 10.1 Å². The van der Waals surface area contributed by atoms with E-state index >= 15 is 0 Å². The lowest BCUT2D eigenvalue weighted by Gasteiger charge is -2.38. The third-order valence-electron chi connectivity index (χ3n) is 4.21. The minimum absolute atomic E-state index is 0.0247. The summed E-state index contributed by atoms with van der Waals surface area (Å²) in [6.07, 6.45) is 1.13. The van der Waals surface area contributed by atoms with Crippen LogP contribution in [0.1, 0.15) is 43.0 Å². The molecule has 2 aromatic rings. The van der Waals surface area contributed by atoms with Gasteiger partial charge >= 0.3 is 0 Å². The summed E-state index contributed by atoms with van der Waals surface area (Å²) in [5.74, 6) is 0.896. The van der Waals surface area contributed by atoms with Gasteiger partial charge in [-0.1, -0.05) is 45.8 Å². The highest BCUT2D eigenvalue weighted by Gasteiger charge is 2.34. The maximum Gasteiger partial charge on any atom is 0.224 e. The number of carbonyl (C=O) groups excluding carboxylic acids is 1. The van der Waals surface area contributed by atoms with E-state index in [1.165, 1.54) is 5.56 Å². The Morgan fingerprint density at radius 1 is 1.29 bits per heavy atom. The lowest BCUT2D eigenvalue weighted by molar-refractivity contribution is -0.121. The van der Waals surface area contributed by atoms with Crippen LogP contribution in [0.5, 0.6) is 5.75 Å². The first-order valence-electron chi connectivity index (χ1n) is 8.16. The number of hydrogen-bond acceptors (Lipinski definition) is 2. The molecule has 1 atom stereocenters. The van der Waals surface area contributed by atoms with E-state index in [0.29, 0.717) is 6.42 Å². The highest BCUT2D eigenvalue weighted by Crippen LogP contribution is 2.39. The van der Waals surface area contributed by atoms with Crippen LogP contribution in [-0.2, 0) is 11.2 Å². The molecule has 0 aliphatic carbocycles. The molecule has 1 aliphatic rings. The van der Waals surface area contributed by atoms with Crippen molar-refractivity contribution in [2.75, 3.05) is 0 Å². The summed E-state index contributed by atoms with van der Waals surface area (Å²) in [5.41, 5.74) is 2.94. The van der Waals surface area contributed by atoms with Crippen molar-refractivity contribution in [1.82, 2.24) is 5.32 Å². The number of carbonyl (C=O) groups is 1. The van der Waals surface area contributed by atoms with E-state index in [1.807, 2.05) is 36.4 Å². The van der Waals surface area contributed by atoms with Gasteiger partial charge < -0.3 is 10.1 Å². The summed E-state index contributed by atoms with van der Waals surface area (Å²) in [6, 6.07) is 14.0. The maximum atomic E-state index is 12.5. The van der Waals surface area contributed by atoms with Crippen LogP contribution in [0, 0.1) is 6.92 Å². The zero-order chi connectivity index (χ0) is 17.3. The normalized spacial score (nSPS) is 18.4. The Kier molecular flexibility index (Phi) is 4.68. The summed E-state index contributed by atoms with van der Waals surface area (Å²) < 4.78 is 7.05. The Labute approximate surface area is 151 Å². The number of amides is 1. The second-order valence-corrected chi connectivity index (χ2v) is 7.95. The topological polar surface area (TPSA) is 38.3 Å². The van der Waals surface area contributed by atoms with E-state index in [1.54, 1.807) is 0 Å². The predicted octanol–water partition coefficient (Wildman–Crippen LogP) is 4.72. The molecule has 0 saturated heterocycles. The molecule has 126 valence electrons. The molecule has 1 aliphatic heterocycles. The number of hydrogen-bond donors (Lipinski definition) is 1. The van der Waals surface area contributed by atoms with Gasteiger partial charge in [0, 0.05) is 16.5 Å². The van der Waals surface area contributed by atoms with Crippen molar-refractivity contribution in [2.45, 2.75) is 45.3 Å². The molecule has 3 nitrogen and oxygen atoms in total. The molecule has 1 heterocycles. The Balaban J connectivity index is 1.79. The Morgan fingerprint density at radius 2 is 2.08 bits per heavy atom. The molecule has 3 rings (SSSR count). The quantitative estimate of drug-likeness (QED) is 0.827. The lowest BCUT2D eigenvalue weighted by atomic mass is 9.89. The maximum absolute atomic E-state index is 12.5. The second kappa shape index (κ2) is 6.60. The molecule has 0 aromatic heterocycles. The van der Waals surface area contributed by atoms with Gasteiger partial charge in [-0.3, -0.25) is 4.79 Å². The van der Waals surface area contributed by atoms with Crippen LogP contribution in [0.3, 0.4) is 0 Å². The SMILES string of the molecule is Cc1ccc2c(c1)[C@@H](NC(=O)Cc1cccc(Br)c1)CC(C)(C)O2. The fraction of sp³-hybridized carbons (Fsp3) is 0.350. The van der Waals surface area contributed by atoms with Gasteiger partial charge in [-0.05, 0) is 44.5 Å².